The summed E-state index contributed by atoms with van der Waals surface area (Å²) in [6.45, 7) is 5.95. The number of methoxy groups -OCH3 is 1. The van der Waals surface area contributed by atoms with Crippen molar-refractivity contribution in [2.45, 2.75) is 89.8 Å². The van der Waals surface area contributed by atoms with Crippen molar-refractivity contribution >= 4 is 5.91 Å². The van der Waals surface area contributed by atoms with Crippen LogP contribution in [0.15, 0.2) is 18.2 Å². The lowest BCUT2D eigenvalue weighted by Crippen LogP contribution is -2.53. The van der Waals surface area contributed by atoms with E-state index in [4.69, 9.17) is 4.74 Å². The van der Waals surface area contributed by atoms with Gasteiger partial charge in [0.2, 0.25) is 0 Å². The van der Waals surface area contributed by atoms with E-state index in [-0.39, 0.29) is 11.9 Å². The van der Waals surface area contributed by atoms with Crippen molar-refractivity contribution in [1.29, 1.82) is 5.26 Å². The van der Waals surface area contributed by atoms with Crippen LogP contribution in [0, 0.1) is 52.3 Å². The molecule has 0 spiro atoms. The second-order valence-corrected chi connectivity index (χ2v) is 13.2. The molecule has 194 valence electrons. The maximum absolute atomic E-state index is 13.4. The lowest BCUT2D eigenvalue weighted by Gasteiger charge is -2.57. The maximum Gasteiger partial charge on any atom is 0.254 e. The van der Waals surface area contributed by atoms with Crippen molar-refractivity contribution in [2.75, 3.05) is 13.7 Å². The Kier molecular flexibility index (Phi) is 6.00. The van der Waals surface area contributed by atoms with Gasteiger partial charge in [-0.15, -0.1) is 0 Å². The predicted molar refractivity (Wildman–Crippen MR) is 138 cm³/mol. The molecule has 0 bridgehead atoms. The third-order valence-electron chi connectivity index (χ3n) is 11.7. The van der Waals surface area contributed by atoms with E-state index in [9.17, 15) is 15.2 Å². The van der Waals surface area contributed by atoms with Crippen molar-refractivity contribution in [2.24, 2.45) is 40.9 Å². The molecule has 4 saturated carbocycles. The maximum atomic E-state index is 13.4. The molecule has 5 heteroatoms. The van der Waals surface area contributed by atoms with Crippen molar-refractivity contribution in [3.05, 3.63) is 34.9 Å². The Bertz CT molecular complexity index is 1080. The predicted octanol–water partition coefficient (Wildman–Crippen LogP) is 5.55. The van der Waals surface area contributed by atoms with Crippen LogP contribution in [-0.2, 0) is 11.3 Å². The monoisotopic (exact) mass is 490 g/mol. The third-order valence-corrected chi connectivity index (χ3v) is 11.7. The van der Waals surface area contributed by atoms with Gasteiger partial charge in [-0.05, 0) is 129 Å². The normalized spacial score (nSPS) is 42.2. The molecule has 1 heterocycles. The molecule has 1 aromatic carbocycles. The third kappa shape index (κ3) is 3.66. The highest BCUT2D eigenvalue weighted by Crippen LogP contribution is 2.65. The number of fused-ring (bicyclic) bond motifs is 6. The first-order valence-electron chi connectivity index (χ1n) is 14.3. The Morgan fingerprint density at radius 3 is 2.72 bits per heavy atom. The van der Waals surface area contributed by atoms with E-state index < -0.39 is 5.60 Å². The van der Waals surface area contributed by atoms with Crippen LogP contribution in [0.3, 0.4) is 0 Å². The van der Waals surface area contributed by atoms with E-state index in [1.54, 1.807) is 13.2 Å². The second-order valence-electron chi connectivity index (χ2n) is 13.2. The van der Waals surface area contributed by atoms with Gasteiger partial charge in [-0.1, -0.05) is 6.92 Å². The van der Waals surface area contributed by atoms with Crippen LogP contribution in [0.1, 0.15) is 93.1 Å². The molecular formula is C31H42N2O3. The number of aliphatic hydroxyl groups is 1. The molecule has 0 unspecified atom stereocenters. The van der Waals surface area contributed by atoms with Gasteiger partial charge in [0.1, 0.15) is 0 Å². The Hall–Kier alpha value is -1.90. The van der Waals surface area contributed by atoms with Crippen LogP contribution in [-0.4, -0.2) is 41.3 Å². The molecular weight excluding hydrogens is 448 g/mol. The summed E-state index contributed by atoms with van der Waals surface area (Å²) in [7, 11) is 1.71. The zero-order valence-corrected chi connectivity index (χ0v) is 22.2. The lowest BCUT2D eigenvalue weighted by molar-refractivity contribution is -0.126. The molecule has 0 saturated heterocycles. The van der Waals surface area contributed by atoms with Crippen molar-refractivity contribution < 1.29 is 14.6 Å². The number of carbonyl (C=O) groups excluding carboxylic acids is 1. The number of nitriles is 1. The van der Waals surface area contributed by atoms with Crippen molar-refractivity contribution in [3.8, 4) is 6.07 Å². The summed E-state index contributed by atoms with van der Waals surface area (Å²) in [5, 5.41) is 20.3. The van der Waals surface area contributed by atoms with Crippen LogP contribution < -0.4 is 0 Å². The molecule has 0 radical (unpaired) electrons. The van der Waals surface area contributed by atoms with Gasteiger partial charge in [-0.2, -0.15) is 5.26 Å². The molecule has 4 aliphatic carbocycles. The Labute approximate surface area is 216 Å². The smallest absolute Gasteiger partial charge is 0.254 e. The molecule has 36 heavy (non-hydrogen) atoms. The van der Waals surface area contributed by atoms with E-state index in [0.717, 1.165) is 54.1 Å². The standard InChI is InChI=1S/C31H42N2O3/c1-19(33-17-22-14-20(16-32)4-6-24(22)29(33)34)27-8-9-28-26-7-5-21-15-31(35,18-36-3)13-11-23(21)25(26)10-12-30(27,28)2/h4,6,14,19,21,23,25-28,35H,5,7-13,15,17-18H2,1-3H3/t19-,21-,23+,25-,26-,27-,28+,30-,31-/m1/s1. The average molecular weight is 491 g/mol. The Balaban J connectivity index is 1.18. The fraction of sp³-hybridized carbons (Fsp3) is 0.742. The summed E-state index contributed by atoms with van der Waals surface area (Å²) in [4.78, 5) is 15.5. The number of benzene rings is 1. The Morgan fingerprint density at radius 1 is 1.14 bits per heavy atom. The lowest BCUT2D eigenvalue weighted by atomic mass is 9.48. The quantitative estimate of drug-likeness (QED) is 0.601. The van der Waals surface area contributed by atoms with Gasteiger partial charge < -0.3 is 14.7 Å². The molecule has 0 aromatic heterocycles. The van der Waals surface area contributed by atoms with Gasteiger partial charge >= 0.3 is 0 Å². The Morgan fingerprint density at radius 2 is 1.94 bits per heavy atom. The number of hydrogen-bond donors (Lipinski definition) is 1. The fourth-order valence-electron chi connectivity index (χ4n) is 10.2. The van der Waals surface area contributed by atoms with Crippen molar-refractivity contribution in [1.82, 2.24) is 4.90 Å². The van der Waals surface area contributed by atoms with Crippen LogP contribution in [0.25, 0.3) is 0 Å². The highest BCUT2D eigenvalue weighted by Gasteiger charge is 2.59. The van der Waals surface area contributed by atoms with Gasteiger partial charge in [0.05, 0.1) is 23.8 Å². The summed E-state index contributed by atoms with van der Waals surface area (Å²) in [5.41, 5.74) is 2.12. The van der Waals surface area contributed by atoms with Crippen molar-refractivity contribution in [3.63, 3.8) is 0 Å². The number of nitrogens with zero attached hydrogens (tertiary/aromatic N) is 2. The number of carbonyl (C=O) groups is 1. The molecule has 5 aliphatic rings. The molecule has 1 aromatic rings. The molecule has 6 rings (SSSR count). The first-order valence-corrected chi connectivity index (χ1v) is 14.3. The summed E-state index contributed by atoms with van der Waals surface area (Å²) in [6.07, 6.45) is 10.6. The fourth-order valence-corrected chi connectivity index (χ4v) is 10.2. The van der Waals surface area contributed by atoms with Gasteiger partial charge in [-0.25, -0.2) is 0 Å². The van der Waals surface area contributed by atoms with Crippen LogP contribution >= 0.6 is 0 Å². The molecule has 1 N–H and O–H groups in total. The molecule has 9 atom stereocenters. The first kappa shape index (κ1) is 24.4. The van der Waals surface area contributed by atoms with E-state index in [0.29, 0.717) is 36.0 Å². The van der Waals surface area contributed by atoms with Gasteiger partial charge in [0.15, 0.2) is 0 Å². The van der Waals surface area contributed by atoms with E-state index in [1.807, 2.05) is 12.1 Å². The minimum Gasteiger partial charge on any atom is -0.387 e. The summed E-state index contributed by atoms with van der Waals surface area (Å²) >= 11 is 0. The summed E-state index contributed by atoms with van der Waals surface area (Å²) in [5.74, 6) is 4.48. The van der Waals surface area contributed by atoms with Gasteiger partial charge in [0, 0.05) is 25.3 Å². The van der Waals surface area contributed by atoms with E-state index >= 15 is 0 Å². The average Bonchev–Trinajstić information content (AvgIpc) is 3.39. The number of rotatable bonds is 4. The summed E-state index contributed by atoms with van der Waals surface area (Å²) in [6, 6.07) is 7.97. The van der Waals surface area contributed by atoms with Crippen LogP contribution in [0.2, 0.25) is 0 Å². The number of ether oxygens (including phenoxy) is 1. The first-order chi connectivity index (χ1) is 17.3. The second kappa shape index (κ2) is 8.84. The number of amides is 1. The zero-order chi connectivity index (χ0) is 25.2. The minimum atomic E-state index is -0.617. The highest BCUT2D eigenvalue weighted by molar-refractivity contribution is 5.98. The van der Waals surface area contributed by atoms with E-state index in [1.165, 1.54) is 38.5 Å². The van der Waals surface area contributed by atoms with Gasteiger partial charge in [0.25, 0.3) is 5.91 Å². The van der Waals surface area contributed by atoms with Gasteiger partial charge in [-0.3, -0.25) is 4.79 Å². The topological polar surface area (TPSA) is 73.6 Å². The largest absolute Gasteiger partial charge is 0.387 e. The minimum absolute atomic E-state index is 0.147. The zero-order valence-electron chi connectivity index (χ0n) is 22.2. The van der Waals surface area contributed by atoms with Crippen LogP contribution in [0.4, 0.5) is 0 Å². The molecule has 1 amide bonds. The molecule has 1 aliphatic heterocycles. The molecule has 4 fully saturated rings. The van der Waals surface area contributed by atoms with Crippen LogP contribution in [0.5, 0.6) is 0 Å². The van der Waals surface area contributed by atoms with E-state index in [2.05, 4.69) is 24.8 Å². The summed E-state index contributed by atoms with van der Waals surface area (Å²) < 4.78 is 5.36. The SMILES string of the molecule is COC[C@@]1(O)CC[C@H]2[C@H](CC[C@@H]3[C@@H]2CC[C@]2(C)[C@@H]([C@@H](C)N4Cc5cc(C#N)ccc5C4=O)CC[C@@H]32)C1. The molecule has 5 nitrogen and oxygen atoms in total. The number of hydrogen-bond acceptors (Lipinski definition) is 4. The highest BCUT2D eigenvalue weighted by atomic mass is 16.5.